The number of hydrogen-bond acceptors (Lipinski definition) is 7. The van der Waals surface area contributed by atoms with Gasteiger partial charge in [0, 0.05) is 24.7 Å². The fraction of sp³-hybridized carbons (Fsp3) is 0.381. The summed E-state index contributed by atoms with van der Waals surface area (Å²) in [5.41, 5.74) is 0.250. The molecule has 4 rings (SSSR count). The predicted octanol–water partition coefficient (Wildman–Crippen LogP) is 2.35. The molecule has 3 heterocycles. The van der Waals surface area contributed by atoms with Crippen molar-refractivity contribution in [1.29, 1.82) is 0 Å². The molecule has 0 saturated carbocycles. The molecule has 2 aromatic rings. The van der Waals surface area contributed by atoms with E-state index < -0.39 is 35.8 Å². The molecule has 170 valence electrons. The molecule has 0 bridgehead atoms. The summed E-state index contributed by atoms with van der Waals surface area (Å²) in [6, 6.07) is 3.65. The molecule has 2 amide bonds. The number of nitrogens with zero attached hydrogens (tertiary/aromatic N) is 3. The summed E-state index contributed by atoms with van der Waals surface area (Å²) < 4.78 is 44.9. The third kappa shape index (κ3) is 4.42. The number of aliphatic hydroxyl groups is 1. The number of carbonyl (C=O) groups excluding carboxylic acids is 2. The van der Waals surface area contributed by atoms with E-state index in [1.807, 2.05) is 0 Å². The normalized spacial score (nSPS) is 19.6. The highest BCUT2D eigenvalue weighted by atomic mass is 19.1. The first-order valence-corrected chi connectivity index (χ1v) is 10.00. The van der Waals surface area contributed by atoms with Gasteiger partial charge in [-0.2, -0.15) is 0 Å². The number of hydrogen-bond donors (Lipinski definition) is 1. The second-order valence-corrected chi connectivity index (χ2v) is 7.49. The van der Waals surface area contributed by atoms with Crippen LogP contribution in [0, 0.1) is 11.6 Å². The van der Waals surface area contributed by atoms with Crippen molar-refractivity contribution in [3.05, 3.63) is 47.7 Å². The summed E-state index contributed by atoms with van der Waals surface area (Å²) in [5.74, 6) is -1.85. The van der Waals surface area contributed by atoms with Gasteiger partial charge in [0.05, 0.1) is 12.2 Å². The van der Waals surface area contributed by atoms with E-state index in [1.165, 1.54) is 24.2 Å². The lowest BCUT2D eigenvalue weighted by atomic mass is 9.97. The number of aromatic nitrogens is 1. The van der Waals surface area contributed by atoms with Crippen molar-refractivity contribution in [3.8, 4) is 5.88 Å². The number of benzene rings is 1. The van der Waals surface area contributed by atoms with Crippen molar-refractivity contribution in [3.63, 3.8) is 0 Å². The molecule has 2 aliphatic rings. The zero-order chi connectivity index (χ0) is 22.8. The van der Waals surface area contributed by atoms with Gasteiger partial charge in [-0.25, -0.2) is 13.6 Å². The third-order valence-corrected chi connectivity index (χ3v) is 5.24. The largest absolute Gasteiger partial charge is 0.471 e. The molecular formula is C21H21F2N3O6. The Morgan fingerprint density at radius 2 is 2.12 bits per heavy atom. The van der Waals surface area contributed by atoms with Crippen LogP contribution < -0.4 is 9.64 Å². The van der Waals surface area contributed by atoms with Crippen LogP contribution in [0.1, 0.15) is 18.9 Å². The molecule has 2 atom stereocenters. The number of halogens is 2. The van der Waals surface area contributed by atoms with Gasteiger partial charge >= 0.3 is 6.09 Å². The first-order chi connectivity index (χ1) is 15.3. The second kappa shape index (κ2) is 8.95. The number of aliphatic hydroxyl groups excluding tert-OH is 1. The maximum atomic E-state index is 14.9. The smallest absolute Gasteiger partial charge is 0.414 e. The minimum absolute atomic E-state index is 0.00633. The first-order valence-electron chi connectivity index (χ1n) is 10.00. The highest BCUT2D eigenvalue weighted by molar-refractivity contribution is 5.90. The molecule has 11 heteroatoms. The van der Waals surface area contributed by atoms with Gasteiger partial charge < -0.3 is 24.0 Å². The van der Waals surface area contributed by atoms with Gasteiger partial charge in [0.25, 0.3) is 11.8 Å². The van der Waals surface area contributed by atoms with Crippen LogP contribution in [0.25, 0.3) is 5.57 Å². The van der Waals surface area contributed by atoms with Gasteiger partial charge in [0.1, 0.15) is 30.6 Å². The predicted molar refractivity (Wildman–Crippen MR) is 107 cm³/mol. The highest BCUT2D eigenvalue weighted by Crippen LogP contribution is 2.32. The Kier molecular flexibility index (Phi) is 6.08. The Morgan fingerprint density at radius 1 is 1.38 bits per heavy atom. The van der Waals surface area contributed by atoms with Gasteiger partial charge in [-0.3, -0.25) is 9.69 Å². The van der Waals surface area contributed by atoms with E-state index in [9.17, 15) is 23.5 Å². The van der Waals surface area contributed by atoms with Gasteiger partial charge in [0.15, 0.2) is 6.10 Å². The number of anilines is 1. The third-order valence-electron chi connectivity index (χ3n) is 5.24. The molecule has 1 aromatic heterocycles. The minimum Gasteiger partial charge on any atom is -0.471 e. The molecule has 1 fully saturated rings. The van der Waals surface area contributed by atoms with Gasteiger partial charge in [-0.15, -0.1) is 0 Å². The highest BCUT2D eigenvalue weighted by Gasteiger charge is 2.34. The zero-order valence-corrected chi connectivity index (χ0v) is 17.2. The van der Waals surface area contributed by atoms with Crippen molar-refractivity contribution in [2.24, 2.45) is 0 Å². The topological polar surface area (TPSA) is 105 Å². The van der Waals surface area contributed by atoms with Crippen LogP contribution in [0.3, 0.4) is 0 Å². The monoisotopic (exact) mass is 449 g/mol. The Balaban J connectivity index is 1.46. The zero-order valence-electron chi connectivity index (χ0n) is 17.2. The van der Waals surface area contributed by atoms with Crippen LogP contribution >= 0.6 is 0 Å². The van der Waals surface area contributed by atoms with Gasteiger partial charge in [-0.1, -0.05) is 6.08 Å². The Hall–Kier alpha value is -3.47. The van der Waals surface area contributed by atoms with Crippen molar-refractivity contribution in [2.75, 3.05) is 31.1 Å². The summed E-state index contributed by atoms with van der Waals surface area (Å²) in [7, 11) is 0. The minimum atomic E-state index is -1.14. The lowest BCUT2D eigenvalue weighted by Crippen LogP contribution is -2.40. The van der Waals surface area contributed by atoms with E-state index in [4.69, 9.17) is 9.47 Å². The number of ether oxygens (including phenoxy) is 2. The molecule has 1 aromatic carbocycles. The maximum Gasteiger partial charge on any atom is 0.414 e. The average Bonchev–Trinajstić information content (AvgIpc) is 3.41. The maximum absolute atomic E-state index is 14.9. The Morgan fingerprint density at radius 3 is 2.72 bits per heavy atom. The molecule has 32 heavy (non-hydrogen) atoms. The molecule has 1 saturated heterocycles. The standard InChI is InChI=1S/C21H21F2N3O6/c1-12(27)20(28)25-5-2-13(3-6-25)19-16(22)8-14(9-17(19)23)26-10-15(32-21(26)29)11-30-18-4-7-31-24-18/h2,4,7-9,12,15,27H,3,5-6,10-11H2,1H3/t12-,15+/m0/s1. The summed E-state index contributed by atoms with van der Waals surface area (Å²) in [5, 5.41) is 13.0. The van der Waals surface area contributed by atoms with Gasteiger partial charge in [-0.05, 0) is 36.2 Å². The van der Waals surface area contributed by atoms with Crippen molar-refractivity contribution >= 4 is 23.3 Å². The van der Waals surface area contributed by atoms with E-state index in [1.54, 1.807) is 6.08 Å². The molecule has 2 aliphatic heterocycles. The van der Waals surface area contributed by atoms with E-state index in [-0.39, 0.29) is 49.8 Å². The molecule has 1 N–H and O–H groups in total. The van der Waals surface area contributed by atoms with Crippen molar-refractivity contribution in [2.45, 2.75) is 25.6 Å². The van der Waals surface area contributed by atoms with E-state index in [0.717, 1.165) is 17.0 Å². The molecule has 0 radical (unpaired) electrons. The summed E-state index contributed by atoms with van der Waals surface area (Å²) in [6.07, 6.45) is 0.603. The van der Waals surface area contributed by atoms with Crippen LogP contribution in [0.2, 0.25) is 0 Å². The van der Waals surface area contributed by atoms with Crippen LogP contribution in [-0.4, -0.2) is 65.6 Å². The van der Waals surface area contributed by atoms with E-state index in [2.05, 4.69) is 9.68 Å². The van der Waals surface area contributed by atoms with Crippen LogP contribution in [-0.2, 0) is 9.53 Å². The molecule has 0 unspecified atom stereocenters. The van der Waals surface area contributed by atoms with Crippen LogP contribution in [0.5, 0.6) is 5.88 Å². The fourth-order valence-corrected chi connectivity index (χ4v) is 3.66. The first kappa shape index (κ1) is 21.8. The number of amides is 2. The second-order valence-electron chi connectivity index (χ2n) is 7.49. The number of carbonyl (C=O) groups is 2. The molecule has 0 aliphatic carbocycles. The number of rotatable bonds is 6. The van der Waals surface area contributed by atoms with Crippen LogP contribution in [0.15, 0.2) is 35.1 Å². The van der Waals surface area contributed by atoms with Gasteiger partial charge in [0.2, 0.25) is 0 Å². The molecule has 0 spiro atoms. The Bertz CT molecular complexity index is 1020. The fourth-order valence-electron chi connectivity index (χ4n) is 3.66. The Labute approximate surface area is 181 Å². The SMILES string of the molecule is C[C@H](O)C(=O)N1CC=C(c2c(F)cc(N3C[C@H](COc4ccon4)OC3=O)cc2F)CC1. The summed E-state index contributed by atoms with van der Waals surface area (Å²) in [4.78, 5) is 26.6. The lowest BCUT2D eigenvalue weighted by Gasteiger charge is -2.28. The quantitative estimate of drug-likeness (QED) is 0.722. The van der Waals surface area contributed by atoms with E-state index >= 15 is 0 Å². The van der Waals surface area contributed by atoms with Crippen molar-refractivity contribution in [1.82, 2.24) is 10.1 Å². The molecule has 9 nitrogen and oxygen atoms in total. The van der Waals surface area contributed by atoms with Crippen molar-refractivity contribution < 1.29 is 37.5 Å². The van der Waals surface area contributed by atoms with E-state index in [0.29, 0.717) is 5.57 Å². The molecular weight excluding hydrogens is 428 g/mol. The summed E-state index contributed by atoms with van der Waals surface area (Å²) in [6.45, 7) is 1.81. The summed E-state index contributed by atoms with van der Waals surface area (Å²) >= 11 is 0. The van der Waals surface area contributed by atoms with Crippen LogP contribution in [0.4, 0.5) is 19.3 Å². The lowest BCUT2D eigenvalue weighted by molar-refractivity contribution is -0.138. The average molecular weight is 449 g/mol. The number of cyclic esters (lactones) is 1.